The van der Waals surface area contributed by atoms with Crippen LogP contribution in [0.25, 0.3) is 0 Å². The van der Waals surface area contributed by atoms with Crippen molar-refractivity contribution in [3.05, 3.63) is 0 Å². The average Bonchev–Trinajstić information content (AvgIpc) is 3.20. The first-order valence-electron chi connectivity index (χ1n) is 7.48. The minimum atomic E-state index is 0.0310. The summed E-state index contributed by atoms with van der Waals surface area (Å²) in [7, 11) is 0. The van der Waals surface area contributed by atoms with Crippen molar-refractivity contribution < 1.29 is 10.0 Å². The highest BCUT2D eigenvalue weighted by atomic mass is 16.4. The standard InChI is InChI=1S/C14H23N3O2/c15-13(16-19)9-4-3-7-17(8-9)14(18)12-10-5-1-2-6-11(10)12/h9-12,19H,1-8H2,(H2,15,16). The molecule has 3 atom stereocenters. The minimum Gasteiger partial charge on any atom is -0.409 e. The fourth-order valence-corrected chi connectivity index (χ4v) is 4.07. The van der Waals surface area contributed by atoms with Gasteiger partial charge in [0.2, 0.25) is 5.91 Å². The van der Waals surface area contributed by atoms with Gasteiger partial charge in [0, 0.05) is 24.9 Å². The largest absolute Gasteiger partial charge is 0.409 e. The molecule has 3 unspecified atom stereocenters. The summed E-state index contributed by atoms with van der Waals surface area (Å²) in [5, 5.41) is 11.9. The third-order valence-electron chi connectivity index (χ3n) is 5.21. The number of likely N-dealkylation sites (tertiary alicyclic amines) is 1. The lowest BCUT2D eigenvalue weighted by atomic mass is 9.96. The summed E-state index contributed by atoms with van der Waals surface area (Å²) in [6.07, 6.45) is 6.92. The summed E-state index contributed by atoms with van der Waals surface area (Å²) in [5.74, 6) is 2.23. The van der Waals surface area contributed by atoms with E-state index >= 15 is 0 Å². The van der Waals surface area contributed by atoms with E-state index in [9.17, 15) is 4.79 Å². The van der Waals surface area contributed by atoms with E-state index in [1.807, 2.05) is 4.90 Å². The zero-order valence-corrected chi connectivity index (χ0v) is 11.3. The van der Waals surface area contributed by atoms with Gasteiger partial charge in [0.15, 0.2) is 0 Å². The Bertz CT molecular complexity index is 384. The fraction of sp³-hybridized carbons (Fsp3) is 0.857. The number of amides is 1. The van der Waals surface area contributed by atoms with Crippen molar-refractivity contribution in [2.45, 2.75) is 38.5 Å². The minimum absolute atomic E-state index is 0.0310. The van der Waals surface area contributed by atoms with Gasteiger partial charge in [-0.1, -0.05) is 18.0 Å². The molecular formula is C14H23N3O2. The molecule has 0 aromatic heterocycles. The molecule has 5 heteroatoms. The number of hydrogen-bond acceptors (Lipinski definition) is 3. The molecule has 3 aliphatic rings. The molecule has 106 valence electrons. The van der Waals surface area contributed by atoms with Crippen LogP contribution < -0.4 is 5.73 Å². The van der Waals surface area contributed by atoms with Gasteiger partial charge in [0.25, 0.3) is 0 Å². The van der Waals surface area contributed by atoms with Crippen LogP contribution in [-0.2, 0) is 4.79 Å². The van der Waals surface area contributed by atoms with Crippen molar-refractivity contribution in [3.8, 4) is 0 Å². The molecule has 2 aliphatic carbocycles. The topological polar surface area (TPSA) is 78.9 Å². The highest BCUT2D eigenvalue weighted by molar-refractivity contribution is 5.85. The SMILES string of the molecule is NC(=NO)C1CCCN(C(=O)C2C3CCCCC32)C1. The van der Waals surface area contributed by atoms with E-state index in [2.05, 4.69) is 5.16 Å². The summed E-state index contributed by atoms with van der Waals surface area (Å²) < 4.78 is 0. The Hall–Kier alpha value is -1.26. The number of rotatable bonds is 2. The Kier molecular flexibility index (Phi) is 3.37. The first-order chi connectivity index (χ1) is 9.22. The van der Waals surface area contributed by atoms with E-state index in [-0.39, 0.29) is 17.7 Å². The molecule has 3 rings (SSSR count). The summed E-state index contributed by atoms with van der Waals surface area (Å²) >= 11 is 0. The van der Waals surface area contributed by atoms with E-state index < -0.39 is 0 Å². The van der Waals surface area contributed by atoms with Crippen LogP contribution in [0.1, 0.15) is 38.5 Å². The summed E-state index contributed by atoms with van der Waals surface area (Å²) in [6, 6.07) is 0. The van der Waals surface area contributed by atoms with E-state index in [1.54, 1.807) is 0 Å². The number of nitrogens with two attached hydrogens (primary N) is 1. The summed E-state index contributed by atoms with van der Waals surface area (Å²) in [5.41, 5.74) is 5.68. The van der Waals surface area contributed by atoms with Crippen LogP contribution in [-0.4, -0.2) is 34.9 Å². The maximum atomic E-state index is 12.6. The predicted molar refractivity (Wildman–Crippen MR) is 71.7 cm³/mol. The van der Waals surface area contributed by atoms with Gasteiger partial charge in [-0.05, 0) is 37.5 Å². The molecule has 1 aliphatic heterocycles. The van der Waals surface area contributed by atoms with Gasteiger partial charge in [-0.2, -0.15) is 0 Å². The summed E-state index contributed by atoms with van der Waals surface area (Å²) in [6.45, 7) is 1.47. The molecular weight excluding hydrogens is 242 g/mol. The monoisotopic (exact) mass is 265 g/mol. The zero-order chi connectivity index (χ0) is 13.4. The number of fused-ring (bicyclic) bond motifs is 1. The maximum absolute atomic E-state index is 12.6. The van der Waals surface area contributed by atoms with Crippen molar-refractivity contribution in [3.63, 3.8) is 0 Å². The van der Waals surface area contributed by atoms with E-state index in [1.165, 1.54) is 25.7 Å². The highest BCUT2D eigenvalue weighted by Gasteiger charge is 2.55. The van der Waals surface area contributed by atoms with Crippen LogP contribution in [0.2, 0.25) is 0 Å². The second-order valence-electron chi connectivity index (χ2n) is 6.29. The molecule has 19 heavy (non-hydrogen) atoms. The Morgan fingerprint density at radius 3 is 2.47 bits per heavy atom. The van der Waals surface area contributed by atoms with Gasteiger partial charge < -0.3 is 15.8 Å². The number of amidine groups is 1. The molecule has 0 spiro atoms. The molecule has 1 heterocycles. The van der Waals surface area contributed by atoms with Crippen LogP contribution in [0, 0.1) is 23.7 Å². The number of carbonyl (C=O) groups is 1. The molecule has 1 saturated heterocycles. The Morgan fingerprint density at radius 2 is 1.84 bits per heavy atom. The molecule has 0 radical (unpaired) electrons. The van der Waals surface area contributed by atoms with Gasteiger partial charge in [-0.3, -0.25) is 4.79 Å². The maximum Gasteiger partial charge on any atom is 0.226 e. The molecule has 2 saturated carbocycles. The van der Waals surface area contributed by atoms with E-state index in [4.69, 9.17) is 10.9 Å². The smallest absolute Gasteiger partial charge is 0.226 e. The highest BCUT2D eigenvalue weighted by Crippen LogP contribution is 2.56. The van der Waals surface area contributed by atoms with Crippen LogP contribution in [0.15, 0.2) is 5.16 Å². The van der Waals surface area contributed by atoms with Crippen LogP contribution in [0.5, 0.6) is 0 Å². The second kappa shape index (κ2) is 5.02. The van der Waals surface area contributed by atoms with Crippen molar-refractivity contribution in [1.82, 2.24) is 4.90 Å². The molecule has 0 aromatic rings. The van der Waals surface area contributed by atoms with Gasteiger partial charge >= 0.3 is 0 Å². The van der Waals surface area contributed by atoms with Gasteiger partial charge in [0.05, 0.1) is 0 Å². The lowest BCUT2D eigenvalue weighted by molar-refractivity contribution is -0.134. The first kappa shape index (κ1) is 12.8. The van der Waals surface area contributed by atoms with E-state index in [0.29, 0.717) is 24.3 Å². The number of carbonyl (C=O) groups excluding carboxylic acids is 1. The molecule has 3 N–H and O–H groups in total. The third kappa shape index (κ3) is 2.30. The normalized spacial score (nSPS) is 38.7. The van der Waals surface area contributed by atoms with Gasteiger partial charge in [-0.25, -0.2) is 0 Å². The van der Waals surface area contributed by atoms with Crippen molar-refractivity contribution >= 4 is 11.7 Å². The molecule has 5 nitrogen and oxygen atoms in total. The predicted octanol–water partition coefficient (Wildman–Crippen LogP) is 1.41. The molecule has 3 fully saturated rings. The van der Waals surface area contributed by atoms with Crippen LogP contribution in [0.4, 0.5) is 0 Å². The second-order valence-corrected chi connectivity index (χ2v) is 6.29. The number of nitrogens with zero attached hydrogens (tertiary/aromatic N) is 2. The molecule has 0 aromatic carbocycles. The van der Waals surface area contributed by atoms with Gasteiger partial charge in [0.1, 0.15) is 5.84 Å². The van der Waals surface area contributed by atoms with Crippen LogP contribution >= 0.6 is 0 Å². The van der Waals surface area contributed by atoms with Gasteiger partial charge in [-0.15, -0.1) is 0 Å². The van der Waals surface area contributed by atoms with Crippen molar-refractivity contribution in [2.24, 2.45) is 34.6 Å². The molecule has 1 amide bonds. The summed E-state index contributed by atoms with van der Waals surface area (Å²) in [4.78, 5) is 14.5. The number of hydrogen-bond donors (Lipinski definition) is 2. The number of oxime groups is 1. The quantitative estimate of drug-likeness (QED) is 0.343. The third-order valence-corrected chi connectivity index (χ3v) is 5.21. The average molecular weight is 265 g/mol. The Labute approximate surface area is 113 Å². The Morgan fingerprint density at radius 1 is 1.16 bits per heavy atom. The van der Waals surface area contributed by atoms with Crippen molar-refractivity contribution in [2.75, 3.05) is 13.1 Å². The molecule has 0 bridgehead atoms. The Balaban J connectivity index is 1.61. The zero-order valence-electron chi connectivity index (χ0n) is 11.3. The first-order valence-corrected chi connectivity index (χ1v) is 7.48. The van der Waals surface area contributed by atoms with E-state index in [0.717, 1.165) is 19.4 Å². The fourth-order valence-electron chi connectivity index (χ4n) is 4.07. The van der Waals surface area contributed by atoms with Crippen molar-refractivity contribution in [1.29, 1.82) is 0 Å². The lowest BCUT2D eigenvalue weighted by Gasteiger charge is -2.32. The van der Waals surface area contributed by atoms with Crippen LogP contribution in [0.3, 0.4) is 0 Å². The lowest BCUT2D eigenvalue weighted by Crippen LogP contribution is -2.45. The number of piperidine rings is 1.